The third-order valence-electron chi connectivity index (χ3n) is 2.74. The lowest BCUT2D eigenvalue weighted by Gasteiger charge is -2.08. The molecule has 0 spiro atoms. The Hall–Kier alpha value is -2.63. The van der Waals surface area contributed by atoms with Crippen LogP contribution in [0.25, 0.3) is 0 Å². The second-order valence-corrected chi connectivity index (χ2v) is 4.23. The lowest BCUT2D eigenvalue weighted by molar-refractivity contribution is 0.0593. The number of aromatic nitrogens is 2. The Balaban J connectivity index is 1.96. The van der Waals surface area contributed by atoms with Gasteiger partial charge in [-0.2, -0.15) is 0 Å². The monoisotopic (exact) mass is 287 g/mol. The van der Waals surface area contributed by atoms with Crippen LogP contribution in [-0.4, -0.2) is 29.9 Å². The lowest BCUT2D eigenvalue weighted by atomic mass is 10.2. The number of nitrogens with zero attached hydrogens (tertiary/aromatic N) is 2. The van der Waals surface area contributed by atoms with Crippen molar-refractivity contribution in [1.29, 1.82) is 0 Å². The number of methoxy groups -OCH3 is 1. The molecule has 6 heteroatoms. The molecule has 1 aromatic heterocycles. The number of carbonyl (C=O) groups is 1. The SMILES string of the molecule is CCOc1cccc(CNc2ccc(C(=O)OC)nn2)c1. The van der Waals surface area contributed by atoms with Gasteiger partial charge in [-0.25, -0.2) is 4.79 Å². The summed E-state index contributed by atoms with van der Waals surface area (Å²) in [5, 5.41) is 10.9. The molecule has 2 aromatic rings. The zero-order chi connectivity index (χ0) is 15.1. The summed E-state index contributed by atoms with van der Waals surface area (Å²) in [6.45, 7) is 3.17. The minimum atomic E-state index is -0.501. The van der Waals surface area contributed by atoms with Gasteiger partial charge in [-0.1, -0.05) is 12.1 Å². The molecule has 0 saturated heterocycles. The second kappa shape index (κ2) is 7.23. The first-order valence-corrected chi connectivity index (χ1v) is 6.60. The van der Waals surface area contributed by atoms with Gasteiger partial charge < -0.3 is 14.8 Å². The van der Waals surface area contributed by atoms with E-state index in [1.165, 1.54) is 7.11 Å². The highest BCUT2D eigenvalue weighted by Gasteiger charge is 2.07. The van der Waals surface area contributed by atoms with E-state index in [4.69, 9.17) is 4.74 Å². The predicted octanol–water partition coefficient (Wildman–Crippen LogP) is 2.27. The Bertz CT molecular complexity index is 599. The Morgan fingerprint density at radius 3 is 2.76 bits per heavy atom. The van der Waals surface area contributed by atoms with E-state index in [-0.39, 0.29) is 5.69 Å². The van der Waals surface area contributed by atoms with Crippen LogP contribution in [0.15, 0.2) is 36.4 Å². The molecule has 6 nitrogen and oxygen atoms in total. The number of anilines is 1. The number of hydrogen-bond donors (Lipinski definition) is 1. The summed E-state index contributed by atoms with van der Waals surface area (Å²) in [6.07, 6.45) is 0. The molecular formula is C15H17N3O3. The van der Waals surface area contributed by atoms with Crippen LogP contribution in [0.3, 0.4) is 0 Å². The molecule has 0 bridgehead atoms. The lowest BCUT2D eigenvalue weighted by Crippen LogP contribution is -2.08. The van der Waals surface area contributed by atoms with Crippen molar-refractivity contribution in [3.63, 3.8) is 0 Å². The van der Waals surface area contributed by atoms with Crippen molar-refractivity contribution >= 4 is 11.8 Å². The summed E-state index contributed by atoms with van der Waals surface area (Å²) in [6, 6.07) is 11.1. The Morgan fingerprint density at radius 2 is 2.10 bits per heavy atom. The van der Waals surface area contributed by atoms with Crippen molar-refractivity contribution < 1.29 is 14.3 Å². The summed E-state index contributed by atoms with van der Waals surface area (Å²) < 4.78 is 10.0. The fraction of sp³-hybridized carbons (Fsp3) is 0.267. The first-order valence-electron chi connectivity index (χ1n) is 6.60. The zero-order valence-corrected chi connectivity index (χ0v) is 12.0. The van der Waals surface area contributed by atoms with E-state index in [1.807, 2.05) is 31.2 Å². The van der Waals surface area contributed by atoms with Crippen LogP contribution >= 0.6 is 0 Å². The summed E-state index contributed by atoms with van der Waals surface area (Å²) >= 11 is 0. The molecule has 0 unspecified atom stereocenters. The van der Waals surface area contributed by atoms with Crippen molar-refractivity contribution in [3.8, 4) is 5.75 Å². The second-order valence-electron chi connectivity index (χ2n) is 4.23. The smallest absolute Gasteiger partial charge is 0.358 e. The molecule has 1 heterocycles. The zero-order valence-electron chi connectivity index (χ0n) is 12.0. The third-order valence-corrected chi connectivity index (χ3v) is 2.74. The van der Waals surface area contributed by atoms with E-state index in [2.05, 4.69) is 20.3 Å². The molecule has 0 aliphatic heterocycles. The van der Waals surface area contributed by atoms with Crippen molar-refractivity contribution in [2.45, 2.75) is 13.5 Å². The Morgan fingerprint density at radius 1 is 1.24 bits per heavy atom. The number of nitrogens with one attached hydrogen (secondary N) is 1. The molecule has 21 heavy (non-hydrogen) atoms. The Labute approximate surface area is 123 Å². The number of ether oxygens (including phenoxy) is 2. The topological polar surface area (TPSA) is 73.3 Å². The minimum absolute atomic E-state index is 0.182. The molecule has 1 N–H and O–H groups in total. The molecule has 0 aliphatic rings. The maximum atomic E-state index is 11.2. The van der Waals surface area contributed by atoms with Crippen molar-refractivity contribution in [3.05, 3.63) is 47.7 Å². The fourth-order valence-corrected chi connectivity index (χ4v) is 1.74. The third kappa shape index (κ3) is 4.17. The van der Waals surface area contributed by atoms with Crippen LogP contribution in [0.2, 0.25) is 0 Å². The van der Waals surface area contributed by atoms with Gasteiger partial charge >= 0.3 is 5.97 Å². The van der Waals surface area contributed by atoms with Gasteiger partial charge in [0.1, 0.15) is 11.6 Å². The highest BCUT2D eigenvalue weighted by molar-refractivity contribution is 5.86. The number of benzene rings is 1. The molecule has 0 radical (unpaired) electrons. The van der Waals surface area contributed by atoms with Crippen molar-refractivity contribution in [2.24, 2.45) is 0 Å². The molecular weight excluding hydrogens is 270 g/mol. The Kier molecular flexibility index (Phi) is 5.09. The molecule has 0 aliphatic carbocycles. The highest BCUT2D eigenvalue weighted by Crippen LogP contribution is 2.14. The maximum Gasteiger partial charge on any atom is 0.358 e. The van der Waals surface area contributed by atoms with E-state index >= 15 is 0 Å². The number of hydrogen-bond acceptors (Lipinski definition) is 6. The highest BCUT2D eigenvalue weighted by atomic mass is 16.5. The van der Waals surface area contributed by atoms with Crippen LogP contribution in [0.4, 0.5) is 5.82 Å². The van der Waals surface area contributed by atoms with Gasteiger partial charge in [-0.3, -0.25) is 0 Å². The summed E-state index contributed by atoms with van der Waals surface area (Å²) in [5.74, 6) is 0.923. The normalized spacial score (nSPS) is 10.0. The maximum absolute atomic E-state index is 11.2. The van der Waals surface area contributed by atoms with Crippen LogP contribution in [0.1, 0.15) is 23.0 Å². The van der Waals surface area contributed by atoms with Gasteiger partial charge in [0.2, 0.25) is 0 Å². The van der Waals surface area contributed by atoms with Crippen molar-refractivity contribution in [2.75, 3.05) is 19.0 Å². The number of esters is 1. The average molecular weight is 287 g/mol. The largest absolute Gasteiger partial charge is 0.494 e. The average Bonchev–Trinajstić information content (AvgIpc) is 2.53. The van der Waals surface area contributed by atoms with Gasteiger partial charge in [0.15, 0.2) is 5.69 Å². The number of carbonyl (C=O) groups excluding carboxylic acids is 1. The van der Waals surface area contributed by atoms with Crippen LogP contribution in [0, 0.1) is 0 Å². The van der Waals surface area contributed by atoms with Gasteiger partial charge in [0.25, 0.3) is 0 Å². The quantitative estimate of drug-likeness (QED) is 0.822. The molecule has 0 saturated carbocycles. The number of rotatable bonds is 6. The van der Waals surface area contributed by atoms with Gasteiger partial charge in [-0.05, 0) is 36.8 Å². The standard InChI is InChI=1S/C15H17N3O3/c1-3-21-12-6-4-5-11(9-12)10-16-14-8-7-13(17-18-14)15(19)20-2/h4-9H,3,10H2,1-2H3,(H,16,18). The van der Waals surface area contributed by atoms with Crippen LogP contribution in [0.5, 0.6) is 5.75 Å². The molecule has 0 fully saturated rings. The molecule has 0 atom stereocenters. The van der Waals surface area contributed by atoms with E-state index in [1.54, 1.807) is 12.1 Å². The van der Waals surface area contributed by atoms with E-state index in [9.17, 15) is 4.79 Å². The molecule has 2 rings (SSSR count). The van der Waals surface area contributed by atoms with Crippen LogP contribution in [-0.2, 0) is 11.3 Å². The predicted molar refractivity (Wildman–Crippen MR) is 78.3 cm³/mol. The van der Waals surface area contributed by atoms with Crippen LogP contribution < -0.4 is 10.1 Å². The minimum Gasteiger partial charge on any atom is -0.494 e. The van der Waals surface area contributed by atoms with Gasteiger partial charge in [0, 0.05) is 6.54 Å². The summed E-state index contributed by atoms with van der Waals surface area (Å²) in [7, 11) is 1.31. The van der Waals surface area contributed by atoms with Crippen molar-refractivity contribution in [1.82, 2.24) is 10.2 Å². The summed E-state index contributed by atoms with van der Waals surface area (Å²) in [4.78, 5) is 11.2. The molecule has 0 amide bonds. The van der Waals surface area contributed by atoms with Gasteiger partial charge in [-0.15, -0.1) is 10.2 Å². The van der Waals surface area contributed by atoms with E-state index < -0.39 is 5.97 Å². The first-order chi connectivity index (χ1) is 10.2. The molecule has 1 aromatic carbocycles. The van der Waals surface area contributed by atoms with E-state index in [0.29, 0.717) is 19.0 Å². The van der Waals surface area contributed by atoms with Gasteiger partial charge in [0.05, 0.1) is 13.7 Å². The summed E-state index contributed by atoms with van der Waals surface area (Å²) in [5.41, 5.74) is 1.25. The first kappa shape index (κ1) is 14.8. The fourth-order valence-electron chi connectivity index (χ4n) is 1.74. The van der Waals surface area contributed by atoms with E-state index in [0.717, 1.165) is 11.3 Å². The molecule has 110 valence electrons.